The number of hydrogen-bond acceptors (Lipinski definition) is 3. The Balaban J connectivity index is 1.40. The molecule has 36 heavy (non-hydrogen) atoms. The zero-order chi connectivity index (χ0) is 25.3. The van der Waals surface area contributed by atoms with Crippen LogP contribution in [0.3, 0.4) is 0 Å². The Hall–Kier alpha value is -3.56. The van der Waals surface area contributed by atoms with Crippen LogP contribution >= 0.6 is 0 Å². The van der Waals surface area contributed by atoms with Crippen LogP contribution in [-0.2, 0) is 4.74 Å². The van der Waals surface area contributed by atoms with Crippen LogP contribution in [0.25, 0.3) is 22.3 Å². The van der Waals surface area contributed by atoms with E-state index in [1.165, 1.54) is 5.56 Å². The molecule has 0 N–H and O–H groups in total. The molecule has 0 bridgehead atoms. The van der Waals surface area contributed by atoms with Crippen molar-refractivity contribution in [1.29, 1.82) is 0 Å². The zero-order valence-electron chi connectivity index (χ0n) is 21.7. The van der Waals surface area contributed by atoms with Crippen molar-refractivity contribution in [3.63, 3.8) is 0 Å². The molecule has 0 saturated carbocycles. The maximum Gasteiger partial charge on any atom is 0.197 e. The lowest BCUT2D eigenvalue weighted by atomic mass is 9.90. The Morgan fingerprint density at radius 3 is 1.67 bits per heavy atom. The van der Waals surface area contributed by atoms with Gasteiger partial charge in [-0.1, -0.05) is 112 Å². The van der Waals surface area contributed by atoms with Gasteiger partial charge in [-0.15, -0.1) is 0 Å². The van der Waals surface area contributed by atoms with Crippen molar-refractivity contribution in [3.05, 3.63) is 109 Å². The molecule has 0 aliphatic heterocycles. The molecule has 3 nitrogen and oxygen atoms in total. The minimum Gasteiger partial charge on any atom is -0.490 e. The van der Waals surface area contributed by atoms with Crippen molar-refractivity contribution in [2.45, 2.75) is 39.9 Å². The summed E-state index contributed by atoms with van der Waals surface area (Å²) in [7, 11) is 0. The lowest BCUT2D eigenvalue weighted by Gasteiger charge is -2.19. The molecule has 0 aliphatic rings. The summed E-state index contributed by atoms with van der Waals surface area (Å²) in [6.45, 7) is 9.49. The third kappa shape index (κ3) is 6.56. The number of ether oxygens (including phenoxy) is 3. The van der Waals surface area contributed by atoms with E-state index in [9.17, 15) is 0 Å². The van der Waals surface area contributed by atoms with Gasteiger partial charge in [0.05, 0.1) is 6.61 Å². The monoisotopic (exact) mass is 480 g/mol. The van der Waals surface area contributed by atoms with E-state index in [0.29, 0.717) is 25.0 Å². The fourth-order valence-corrected chi connectivity index (χ4v) is 4.20. The Bertz CT molecular complexity index is 1140. The van der Waals surface area contributed by atoms with Crippen LogP contribution in [0.2, 0.25) is 0 Å². The molecule has 4 aromatic carbocycles. The summed E-state index contributed by atoms with van der Waals surface area (Å²) in [5.41, 5.74) is 5.70. The Morgan fingerprint density at radius 2 is 1.14 bits per heavy atom. The molecule has 186 valence electrons. The minimum atomic E-state index is -0.375. The van der Waals surface area contributed by atoms with Crippen LogP contribution in [0, 0.1) is 5.92 Å². The number of benzene rings is 4. The molecule has 0 amide bonds. The van der Waals surface area contributed by atoms with Crippen molar-refractivity contribution in [2.75, 3.05) is 13.2 Å². The van der Waals surface area contributed by atoms with Gasteiger partial charge in [0, 0.05) is 11.1 Å². The van der Waals surface area contributed by atoms with Gasteiger partial charge in [-0.05, 0) is 47.6 Å². The Kier molecular flexibility index (Phi) is 8.80. The van der Waals surface area contributed by atoms with E-state index in [0.717, 1.165) is 33.8 Å². The first-order valence-electron chi connectivity index (χ1n) is 12.8. The molecular formula is C33H36O3. The molecular weight excluding hydrogens is 444 g/mol. The highest BCUT2D eigenvalue weighted by Crippen LogP contribution is 2.39. The van der Waals surface area contributed by atoms with Gasteiger partial charge >= 0.3 is 0 Å². The molecule has 0 aromatic heterocycles. The maximum absolute atomic E-state index is 6.36. The fraction of sp³-hybridized carbons (Fsp3) is 0.273. The van der Waals surface area contributed by atoms with Gasteiger partial charge < -0.3 is 14.2 Å². The SMILES string of the molecule is CC(OCCOc1c(-c2ccccc2)cccc1-c1ccccc1)Oc1ccc(C(C)C(C)C)cc1. The second-order valence-corrected chi connectivity index (χ2v) is 9.42. The Morgan fingerprint density at radius 1 is 0.583 bits per heavy atom. The van der Waals surface area contributed by atoms with E-state index in [1.54, 1.807) is 0 Å². The molecule has 0 heterocycles. The van der Waals surface area contributed by atoms with Gasteiger partial charge in [0.15, 0.2) is 6.29 Å². The van der Waals surface area contributed by atoms with Crippen molar-refractivity contribution in [2.24, 2.45) is 5.92 Å². The van der Waals surface area contributed by atoms with Crippen molar-refractivity contribution >= 4 is 0 Å². The second-order valence-electron chi connectivity index (χ2n) is 9.42. The first-order valence-corrected chi connectivity index (χ1v) is 12.8. The van der Waals surface area contributed by atoms with Crippen LogP contribution in [0.5, 0.6) is 11.5 Å². The van der Waals surface area contributed by atoms with E-state index in [-0.39, 0.29) is 6.29 Å². The third-order valence-corrected chi connectivity index (χ3v) is 6.57. The topological polar surface area (TPSA) is 27.7 Å². The molecule has 0 saturated heterocycles. The average Bonchev–Trinajstić information content (AvgIpc) is 2.92. The van der Waals surface area contributed by atoms with Gasteiger partial charge in [0.25, 0.3) is 0 Å². The molecule has 0 aliphatic carbocycles. The molecule has 0 fully saturated rings. The van der Waals surface area contributed by atoms with Gasteiger partial charge in [-0.25, -0.2) is 0 Å². The van der Waals surface area contributed by atoms with Crippen LogP contribution in [-0.4, -0.2) is 19.5 Å². The summed E-state index contributed by atoms with van der Waals surface area (Å²) in [5.74, 6) is 2.80. The molecule has 4 rings (SSSR count). The molecule has 4 aromatic rings. The number of rotatable bonds is 11. The quantitative estimate of drug-likeness (QED) is 0.159. The fourth-order valence-electron chi connectivity index (χ4n) is 4.20. The number of para-hydroxylation sites is 1. The van der Waals surface area contributed by atoms with E-state index in [2.05, 4.69) is 75.4 Å². The van der Waals surface area contributed by atoms with Crippen LogP contribution in [0.4, 0.5) is 0 Å². The molecule has 3 heteroatoms. The molecule has 0 radical (unpaired) electrons. The van der Waals surface area contributed by atoms with Gasteiger partial charge in [-0.2, -0.15) is 0 Å². The smallest absolute Gasteiger partial charge is 0.197 e. The predicted octanol–water partition coefficient (Wildman–Crippen LogP) is 8.60. The van der Waals surface area contributed by atoms with Gasteiger partial charge in [0.1, 0.15) is 18.1 Å². The summed E-state index contributed by atoms with van der Waals surface area (Å²) in [4.78, 5) is 0. The highest BCUT2D eigenvalue weighted by atomic mass is 16.7. The van der Waals surface area contributed by atoms with Crippen LogP contribution < -0.4 is 9.47 Å². The van der Waals surface area contributed by atoms with Gasteiger partial charge in [-0.3, -0.25) is 0 Å². The summed E-state index contributed by atoms with van der Waals surface area (Å²) in [6, 6.07) is 35.3. The maximum atomic E-state index is 6.36. The highest BCUT2D eigenvalue weighted by molar-refractivity contribution is 5.82. The van der Waals surface area contributed by atoms with Crippen molar-refractivity contribution in [1.82, 2.24) is 0 Å². The van der Waals surface area contributed by atoms with E-state index < -0.39 is 0 Å². The largest absolute Gasteiger partial charge is 0.490 e. The van der Waals surface area contributed by atoms with Gasteiger partial charge in [0.2, 0.25) is 0 Å². The molecule has 2 atom stereocenters. The summed E-state index contributed by atoms with van der Waals surface area (Å²) in [6.07, 6.45) is -0.375. The zero-order valence-corrected chi connectivity index (χ0v) is 21.7. The predicted molar refractivity (Wildman–Crippen MR) is 149 cm³/mol. The van der Waals surface area contributed by atoms with Crippen LogP contribution in [0.15, 0.2) is 103 Å². The summed E-state index contributed by atoms with van der Waals surface area (Å²) < 4.78 is 18.3. The van der Waals surface area contributed by atoms with E-state index >= 15 is 0 Å². The molecule has 0 spiro atoms. The standard InChI is InChI=1S/C33H36O3/c1-24(2)25(3)27-18-20-30(21-19-27)36-26(4)34-22-23-35-33-31(28-12-7-5-8-13-28)16-11-17-32(33)29-14-9-6-10-15-29/h5-21,24-26H,22-23H2,1-4H3. The minimum absolute atomic E-state index is 0.375. The Labute approximate surface area is 215 Å². The average molecular weight is 481 g/mol. The third-order valence-electron chi connectivity index (χ3n) is 6.57. The lowest BCUT2D eigenvalue weighted by molar-refractivity contribution is -0.0738. The lowest BCUT2D eigenvalue weighted by Crippen LogP contribution is -2.20. The van der Waals surface area contributed by atoms with Crippen LogP contribution in [0.1, 0.15) is 39.2 Å². The first kappa shape index (κ1) is 25.5. The second kappa shape index (κ2) is 12.4. The summed E-state index contributed by atoms with van der Waals surface area (Å²) >= 11 is 0. The highest BCUT2D eigenvalue weighted by Gasteiger charge is 2.14. The number of hydrogen-bond donors (Lipinski definition) is 0. The van der Waals surface area contributed by atoms with Crippen molar-refractivity contribution < 1.29 is 14.2 Å². The summed E-state index contributed by atoms with van der Waals surface area (Å²) in [5, 5.41) is 0. The normalized spacial score (nSPS) is 12.8. The van der Waals surface area contributed by atoms with Crippen molar-refractivity contribution in [3.8, 4) is 33.8 Å². The van der Waals surface area contributed by atoms with E-state index in [4.69, 9.17) is 14.2 Å². The van der Waals surface area contributed by atoms with E-state index in [1.807, 2.05) is 55.5 Å². The molecule has 2 unspecified atom stereocenters. The first-order chi connectivity index (χ1) is 17.5.